The highest BCUT2D eigenvalue weighted by Crippen LogP contribution is 2.35. The van der Waals surface area contributed by atoms with Gasteiger partial charge in [-0.15, -0.1) is 0 Å². The van der Waals surface area contributed by atoms with Gasteiger partial charge < -0.3 is 40.7 Å². The van der Waals surface area contributed by atoms with Crippen molar-refractivity contribution in [3.8, 4) is 0 Å². The van der Waals surface area contributed by atoms with Gasteiger partial charge in [0.15, 0.2) is 0 Å². The predicted molar refractivity (Wildman–Crippen MR) is 193 cm³/mol. The smallest absolute Gasteiger partial charge is 0.326 e. The van der Waals surface area contributed by atoms with Gasteiger partial charge in [0.25, 0.3) is 0 Å². The maximum atomic E-state index is 14.2. The van der Waals surface area contributed by atoms with Crippen LogP contribution < -0.4 is 16.4 Å². The minimum absolute atomic E-state index is 0.00942. The predicted octanol–water partition coefficient (Wildman–Crippen LogP) is 2.74. The number of benzene rings is 1. The molecule has 13 nitrogen and oxygen atoms in total. The zero-order valence-corrected chi connectivity index (χ0v) is 31.7. The molecule has 7 atom stereocenters. The Kier molecular flexibility index (Phi) is 15.4. The van der Waals surface area contributed by atoms with E-state index in [2.05, 4.69) is 10.6 Å². The summed E-state index contributed by atoms with van der Waals surface area (Å²) in [4.78, 5) is 70.0. The minimum Gasteiger partial charge on any atom is -0.480 e. The summed E-state index contributed by atoms with van der Waals surface area (Å²) in [5.74, 6) is -3.32. The maximum Gasteiger partial charge on any atom is 0.326 e. The monoisotopic (exact) mass is 715 g/mol. The van der Waals surface area contributed by atoms with Crippen molar-refractivity contribution in [2.75, 3.05) is 27.8 Å². The van der Waals surface area contributed by atoms with Crippen LogP contribution in [0.15, 0.2) is 30.3 Å². The van der Waals surface area contributed by atoms with Gasteiger partial charge in [0, 0.05) is 34.2 Å². The molecule has 13 heteroatoms. The van der Waals surface area contributed by atoms with Gasteiger partial charge in [0.2, 0.25) is 23.6 Å². The summed E-state index contributed by atoms with van der Waals surface area (Å²) >= 11 is 0. The Morgan fingerprint density at radius 1 is 0.980 bits per heavy atom. The third kappa shape index (κ3) is 11.0. The second kappa shape index (κ2) is 18.8. The molecule has 1 aromatic carbocycles. The van der Waals surface area contributed by atoms with Crippen molar-refractivity contribution in [3.05, 3.63) is 35.9 Å². The van der Waals surface area contributed by atoms with E-state index in [9.17, 15) is 29.1 Å². The molecule has 0 aromatic heterocycles. The van der Waals surface area contributed by atoms with Gasteiger partial charge in [-0.3, -0.25) is 19.2 Å². The molecular formula is C38H61N5O8. The number of carboxylic acid groups (broad SMARTS) is 1. The molecule has 5 N–H and O–H groups in total. The number of methoxy groups -OCH3 is 2. The summed E-state index contributed by atoms with van der Waals surface area (Å²) in [5, 5.41) is 15.4. The average molecular weight is 716 g/mol. The zero-order chi connectivity index (χ0) is 38.0. The molecule has 1 aliphatic heterocycles. The lowest BCUT2D eigenvalue weighted by atomic mass is 9.88. The van der Waals surface area contributed by atoms with Crippen LogP contribution in [0.2, 0.25) is 0 Å². The Bertz CT molecular complexity index is 1330. The van der Waals surface area contributed by atoms with E-state index in [1.165, 1.54) is 7.11 Å². The van der Waals surface area contributed by atoms with Crippen molar-refractivity contribution in [3.63, 3.8) is 0 Å². The average Bonchev–Trinajstić information content (AvgIpc) is 3.79. The Balaban J connectivity index is 1.78. The first-order chi connectivity index (χ1) is 24.0. The van der Waals surface area contributed by atoms with E-state index in [4.69, 9.17) is 15.2 Å². The second-order valence-corrected chi connectivity index (χ2v) is 15.3. The number of nitrogens with one attached hydrogen (secondary N) is 2. The van der Waals surface area contributed by atoms with Crippen LogP contribution in [0, 0.1) is 17.8 Å². The number of carboxylic acids is 1. The number of carbonyl (C=O) groups is 5. The summed E-state index contributed by atoms with van der Waals surface area (Å²) in [7, 11) is 4.77. The molecule has 1 aromatic rings. The molecule has 4 amide bonds. The van der Waals surface area contributed by atoms with Crippen LogP contribution in [0.1, 0.15) is 85.1 Å². The lowest BCUT2D eigenvalue weighted by Crippen LogP contribution is -2.60. The highest BCUT2D eigenvalue weighted by Gasteiger charge is 2.44. The summed E-state index contributed by atoms with van der Waals surface area (Å²) in [5.41, 5.74) is 5.65. The van der Waals surface area contributed by atoms with Crippen molar-refractivity contribution in [2.45, 2.75) is 128 Å². The van der Waals surface area contributed by atoms with E-state index in [1.54, 1.807) is 44.7 Å². The molecule has 51 heavy (non-hydrogen) atoms. The van der Waals surface area contributed by atoms with Crippen LogP contribution >= 0.6 is 0 Å². The highest BCUT2D eigenvalue weighted by atomic mass is 16.5. The van der Waals surface area contributed by atoms with E-state index >= 15 is 0 Å². The van der Waals surface area contributed by atoms with Gasteiger partial charge in [0.1, 0.15) is 12.1 Å². The molecule has 2 aliphatic rings. The summed E-state index contributed by atoms with van der Waals surface area (Å²) in [6, 6.07) is 6.33. The third-order valence-corrected chi connectivity index (χ3v) is 10.6. The number of likely N-dealkylation sites (tertiary alicyclic amines) is 1. The molecule has 0 bridgehead atoms. The molecule has 0 spiro atoms. The van der Waals surface area contributed by atoms with Crippen molar-refractivity contribution < 1.29 is 38.6 Å². The van der Waals surface area contributed by atoms with Gasteiger partial charge in [-0.2, -0.15) is 0 Å². The standard InChI is InChI=1S/C38H61N5O8/c1-23(2)31(41-37(49)38(4,5)39)35(46)42(6)32(26-17-12-13-18-26)29(50-7)22-30(44)43-20-14-19-28(43)33(51-8)24(3)34(45)40-27(36(47)48)21-25-15-10-9-11-16-25/h9-11,15-16,23-24,26-29,31-33H,12-14,17-22,39H2,1-8H3,(H,40,45)(H,41,49)(H,47,48)/t24-,27+,28+,29-,31+,32+,33-/m1/s1. The first-order valence-electron chi connectivity index (χ1n) is 18.3. The number of amides is 4. The van der Waals surface area contributed by atoms with E-state index in [1.807, 2.05) is 44.2 Å². The fraction of sp³-hybridized carbons (Fsp3) is 0.711. The van der Waals surface area contributed by atoms with Gasteiger partial charge in [0.05, 0.1) is 42.2 Å². The summed E-state index contributed by atoms with van der Waals surface area (Å²) in [6.45, 7) is 9.08. The SMILES string of the molecule is CO[C@H]([C@@H](C)C(=O)N[C@@H](Cc1ccccc1)C(=O)O)[C@@H]1CCCN1C(=O)C[C@@H](OC)[C@H](C1CCCC1)N(C)C(=O)[C@@H](NC(=O)C(C)(C)N)C(C)C. The summed E-state index contributed by atoms with van der Waals surface area (Å²) in [6.07, 6.45) is 3.96. The molecule has 1 saturated heterocycles. The zero-order valence-electron chi connectivity index (χ0n) is 31.7. The number of aliphatic carboxylic acids is 1. The first-order valence-corrected chi connectivity index (χ1v) is 18.3. The van der Waals surface area contributed by atoms with Crippen LogP contribution in [0.5, 0.6) is 0 Å². The van der Waals surface area contributed by atoms with Gasteiger partial charge in [-0.1, -0.05) is 63.9 Å². The number of nitrogens with two attached hydrogens (primary N) is 1. The number of nitrogens with zero attached hydrogens (tertiary/aromatic N) is 2. The Morgan fingerprint density at radius 3 is 2.14 bits per heavy atom. The quantitative estimate of drug-likeness (QED) is 0.178. The minimum atomic E-state index is -1.16. The van der Waals surface area contributed by atoms with E-state index < -0.39 is 65.6 Å². The number of carbonyl (C=O) groups excluding carboxylic acids is 4. The molecule has 0 unspecified atom stereocenters. The van der Waals surface area contributed by atoms with Gasteiger partial charge in [-0.25, -0.2) is 4.79 Å². The molecule has 1 saturated carbocycles. The molecule has 3 rings (SSSR count). The van der Waals surface area contributed by atoms with Crippen molar-refractivity contribution in [2.24, 2.45) is 23.5 Å². The largest absolute Gasteiger partial charge is 0.480 e. The number of hydrogen-bond donors (Lipinski definition) is 4. The third-order valence-electron chi connectivity index (χ3n) is 10.6. The van der Waals surface area contributed by atoms with Crippen molar-refractivity contribution in [1.29, 1.82) is 0 Å². The maximum absolute atomic E-state index is 14.2. The molecule has 2 fully saturated rings. The van der Waals surface area contributed by atoms with Gasteiger partial charge >= 0.3 is 5.97 Å². The normalized spacial score (nSPS) is 20.3. The number of hydrogen-bond acceptors (Lipinski definition) is 8. The molecule has 286 valence electrons. The van der Waals surface area contributed by atoms with E-state index in [0.29, 0.717) is 19.4 Å². The Hall–Kier alpha value is -3.55. The number of ether oxygens (including phenoxy) is 2. The molecular weight excluding hydrogens is 654 g/mol. The van der Waals surface area contributed by atoms with E-state index in [0.717, 1.165) is 31.2 Å². The van der Waals surface area contributed by atoms with Crippen LogP contribution in [0.4, 0.5) is 0 Å². The fourth-order valence-electron chi connectivity index (χ4n) is 7.65. The number of rotatable bonds is 18. The number of likely N-dealkylation sites (N-methyl/N-ethyl adjacent to an activating group) is 1. The van der Waals surface area contributed by atoms with Crippen molar-refractivity contribution in [1.82, 2.24) is 20.4 Å². The summed E-state index contributed by atoms with van der Waals surface area (Å²) < 4.78 is 11.9. The second-order valence-electron chi connectivity index (χ2n) is 15.3. The lowest BCUT2D eigenvalue weighted by molar-refractivity contribution is -0.148. The Morgan fingerprint density at radius 2 is 1.61 bits per heavy atom. The van der Waals surface area contributed by atoms with E-state index in [-0.39, 0.29) is 36.5 Å². The van der Waals surface area contributed by atoms with Crippen LogP contribution in [-0.2, 0) is 39.9 Å². The van der Waals surface area contributed by atoms with Crippen LogP contribution in [0.3, 0.4) is 0 Å². The van der Waals surface area contributed by atoms with Crippen molar-refractivity contribution >= 4 is 29.6 Å². The van der Waals surface area contributed by atoms with Gasteiger partial charge in [-0.05, 0) is 56.9 Å². The molecule has 0 radical (unpaired) electrons. The topological polar surface area (TPSA) is 181 Å². The van der Waals surface area contributed by atoms with Crippen LogP contribution in [-0.4, -0.2) is 114 Å². The lowest BCUT2D eigenvalue weighted by Gasteiger charge is -2.41. The fourth-order valence-corrected chi connectivity index (χ4v) is 7.65. The van der Waals surface area contributed by atoms with Crippen LogP contribution in [0.25, 0.3) is 0 Å². The first kappa shape index (κ1) is 41.9. The molecule has 1 aliphatic carbocycles. The Labute approximate surface area is 303 Å². The molecule has 1 heterocycles. The highest BCUT2D eigenvalue weighted by molar-refractivity contribution is 5.92.